The van der Waals surface area contributed by atoms with Crippen LogP contribution in [0.1, 0.15) is 29.3 Å². The summed E-state index contributed by atoms with van der Waals surface area (Å²) in [6, 6.07) is 5.64. The first kappa shape index (κ1) is 16.3. The minimum atomic E-state index is -0.188. The third-order valence-corrected chi connectivity index (χ3v) is 3.12. The zero-order valence-corrected chi connectivity index (χ0v) is 12.3. The van der Waals surface area contributed by atoms with E-state index in [4.69, 9.17) is 0 Å². The molecule has 2 rings (SSSR count). The summed E-state index contributed by atoms with van der Waals surface area (Å²) in [5.41, 5.74) is 2.73. The monoisotopic (exact) mass is 297 g/mol. The molecule has 0 radical (unpaired) electrons. The Morgan fingerprint density at radius 1 is 1.30 bits per heavy atom. The average molecular weight is 298 g/mol. The number of rotatable bonds is 4. The lowest BCUT2D eigenvalue weighted by Gasteiger charge is -2.20. The predicted octanol–water partition coefficient (Wildman–Crippen LogP) is 1.33. The Kier molecular flexibility index (Phi) is 6.31. The molecule has 110 valence electrons. The lowest BCUT2D eigenvalue weighted by molar-refractivity contribution is -0.120. The van der Waals surface area contributed by atoms with E-state index in [-0.39, 0.29) is 30.8 Å². The van der Waals surface area contributed by atoms with Crippen molar-refractivity contribution in [2.24, 2.45) is 0 Å². The van der Waals surface area contributed by atoms with Gasteiger partial charge in [0, 0.05) is 24.3 Å². The third kappa shape index (κ3) is 3.87. The van der Waals surface area contributed by atoms with Gasteiger partial charge in [0.05, 0.1) is 6.54 Å². The van der Waals surface area contributed by atoms with E-state index in [9.17, 15) is 9.59 Å². The van der Waals surface area contributed by atoms with Gasteiger partial charge < -0.3 is 16.0 Å². The topological polar surface area (TPSA) is 70.2 Å². The highest BCUT2D eigenvalue weighted by atomic mass is 35.5. The Balaban J connectivity index is 0.00000200. The Hall–Kier alpha value is -1.75. The number of amides is 2. The molecule has 5 nitrogen and oxygen atoms in total. The van der Waals surface area contributed by atoms with Gasteiger partial charge in [0.2, 0.25) is 5.91 Å². The van der Waals surface area contributed by atoms with Crippen LogP contribution >= 0.6 is 12.4 Å². The van der Waals surface area contributed by atoms with Crippen LogP contribution in [0.25, 0.3) is 0 Å². The van der Waals surface area contributed by atoms with E-state index in [1.807, 2.05) is 19.1 Å². The molecule has 0 spiro atoms. The van der Waals surface area contributed by atoms with Crippen LogP contribution in [0.5, 0.6) is 0 Å². The van der Waals surface area contributed by atoms with Crippen LogP contribution in [-0.2, 0) is 11.2 Å². The summed E-state index contributed by atoms with van der Waals surface area (Å²) in [6.45, 7) is 3.37. The summed E-state index contributed by atoms with van der Waals surface area (Å²) < 4.78 is 0. The van der Waals surface area contributed by atoms with Crippen molar-refractivity contribution in [3.05, 3.63) is 29.3 Å². The Morgan fingerprint density at radius 2 is 2.10 bits per heavy atom. The molecule has 0 saturated heterocycles. The van der Waals surface area contributed by atoms with Gasteiger partial charge in [0.1, 0.15) is 0 Å². The fraction of sp³-hybridized carbons (Fsp3) is 0.429. The Bertz CT molecular complexity index is 491. The first-order valence-corrected chi connectivity index (χ1v) is 6.63. The van der Waals surface area contributed by atoms with Gasteiger partial charge in [0.25, 0.3) is 5.91 Å². The molecule has 2 amide bonds. The summed E-state index contributed by atoms with van der Waals surface area (Å²) in [5, 5.41) is 8.59. The fourth-order valence-electron chi connectivity index (χ4n) is 2.24. The highest BCUT2D eigenvalue weighted by molar-refractivity contribution is 5.99. The maximum absolute atomic E-state index is 12.1. The number of hydrogen-bond acceptors (Lipinski definition) is 3. The molecule has 1 heterocycles. The molecular weight excluding hydrogens is 278 g/mol. The van der Waals surface area contributed by atoms with Crippen molar-refractivity contribution in [2.45, 2.75) is 19.8 Å². The van der Waals surface area contributed by atoms with Gasteiger partial charge in [-0.2, -0.15) is 0 Å². The SMILES string of the molecule is CCNC(=O)CNC(=O)c1cccc2c1CCCN2.Cl. The van der Waals surface area contributed by atoms with Crippen molar-refractivity contribution in [1.29, 1.82) is 0 Å². The number of hydrogen-bond donors (Lipinski definition) is 3. The van der Waals surface area contributed by atoms with Crippen LogP contribution in [0.15, 0.2) is 18.2 Å². The Labute approximate surface area is 124 Å². The van der Waals surface area contributed by atoms with Gasteiger partial charge in [-0.1, -0.05) is 6.07 Å². The summed E-state index contributed by atoms with van der Waals surface area (Å²) in [5.74, 6) is -0.356. The Morgan fingerprint density at radius 3 is 2.85 bits per heavy atom. The van der Waals surface area contributed by atoms with Crippen LogP contribution < -0.4 is 16.0 Å². The number of carbonyl (C=O) groups is 2. The zero-order valence-electron chi connectivity index (χ0n) is 11.5. The molecular formula is C14H20ClN3O2. The van der Waals surface area contributed by atoms with E-state index in [0.29, 0.717) is 12.1 Å². The smallest absolute Gasteiger partial charge is 0.252 e. The van der Waals surface area contributed by atoms with Crippen LogP contribution in [0, 0.1) is 0 Å². The van der Waals surface area contributed by atoms with E-state index < -0.39 is 0 Å². The molecule has 0 unspecified atom stereocenters. The summed E-state index contributed by atoms with van der Waals surface area (Å²) in [6.07, 6.45) is 1.92. The van der Waals surface area contributed by atoms with E-state index in [2.05, 4.69) is 16.0 Å². The number of likely N-dealkylation sites (N-methyl/N-ethyl adjacent to an activating group) is 1. The van der Waals surface area contributed by atoms with Gasteiger partial charge >= 0.3 is 0 Å². The van der Waals surface area contributed by atoms with E-state index in [1.165, 1.54) is 0 Å². The molecule has 1 aliphatic rings. The lowest BCUT2D eigenvalue weighted by Crippen LogP contribution is -2.37. The second kappa shape index (κ2) is 7.75. The first-order chi connectivity index (χ1) is 9.22. The maximum atomic E-state index is 12.1. The van der Waals surface area contributed by atoms with Crippen LogP contribution in [0.3, 0.4) is 0 Å². The van der Waals surface area contributed by atoms with Crippen molar-refractivity contribution >= 4 is 29.9 Å². The van der Waals surface area contributed by atoms with Gasteiger partial charge in [0.15, 0.2) is 0 Å². The zero-order chi connectivity index (χ0) is 13.7. The van der Waals surface area contributed by atoms with Crippen molar-refractivity contribution in [3.8, 4) is 0 Å². The van der Waals surface area contributed by atoms with Crippen LogP contribution in [-0.4, -0.2) is 31.4 Å². The largest absolute Gasteiger partial charge is 0.385 e. The molecule has 0 fully saturated rings. The number of fused-ring (bicyclic) bond motifs is 1. The lowest BCUT2D eigenvalue weighted by atomic mass is 9.97. The van der Waals surface area contributed by atoms with Crippen molar-refractivity contribution in [2.75, 3.05) is 25.0 Å². The third-order valence-electron chi connectivity index (χ3n) is 3.12. The minimum Gasteiger partial charge on any atom is -0.385 e. The molecule has 1 aromatic carbocycles. The van der Waals surface area contributed by atoms with Crippen molar-refractivity contribution in [3.63, 3.8) is 0 Å². The van der Waals surface area contributed by atoms with Crippen LogP contribution in [0.2, 0.25) is 0 Å². The highest BCUT2D eigenvalue weighted by Gasteiger charge is 2.17. The minimum absolute atomic E-state index is 0. The van der Waals surface area contributed by atoms with E-state index in [0.717, 1.165) is 30.6 Å². The summed E-state index contributed by atoms with van der Waals surface area (Å²) in [7, 11) is 0. The molecule has 0 bridgehead atoms. The number of benzene rings is 1. The summed E-state index contributed by atoms with van der Waals surface area (Å²) >= 11 is 0. The number of anilines is 1. The van der Waals surface area contributed by atoms with Gasteiger partial charge in [-0.15, -0.1) is 12.4 Å². The molecule has 0 aliphatic carbocycles. The molecule has 6 heteroatoms. The predicted molar refractivity (Wildman–Crippen MR) is 81.5 cm³/mol. The number of halogens is 1. The molecule has 0 atom stereocenters. The van der Waals surface area contributed by atoms with Crippen LogP contribution in [0.4, 0.5) is 5.69 Å². The van der Waals surface area contributed by atoms with Gasteiger partial charge in [-0.25, -0.2) is 0 Å². The van der Waals surface area contributed by atoms with E-state index >= 15 is 0 Å². The molecule has 20 heavy (non-hydrogen) atoms. The van der Waals surface area contributed by atoms with Crippen molar-refractivity contribution in [1.82, 2.24) is 10.6 Å². The molecule has 1 aromatic rings. The highest BCUT2D eigenvalue weighted by Crippen LogP contribution is 2.25. The quantitative estimate of drug-likeness (QED) is 0.785. The first-order valence-electron chi connectivity index (χ1n) is 6.63. The summed E-state index contributed by atoms with van der Waals surface area (Å²) in [4.78, 5) is 23.4. The maximum Gasteiger partial charge on any atom is 0.252 e. The van der Waals surface area contributed by atoms with Crippen molar-refractivity contribution < 1.29 is 9.59 Å². The van der Waals surface area contributed by atoms with E-state index in [1.54, 1.807) is 6.07 Å². The molecule has 0 aromatic heterocycles. The molecule has 0 saturated carbocycles. The molecule has 3 N–H and O–H groups in total. The van der Waals surface area contributed by atoms with Gasteiger partial charge in [-0.05, 0) is 37.5 Å². The molecule has 1 aliphatic heterocycles. The number of carbonyl (C=O) groups excluding carboxylic acids is 2. The number of nitrogens with one attached hydrogen (secondary N) is 3. The standard InChI is InChI=1S/C14H19N3O2.ClH/c1-2-15-13(18)9-17-14(19)11-5-3-7-12-10(11)6-4-8-16-12;/h3,5,7,16H,2,4,6,8-9H2,1H3,(H,15,18)(H,17,19);1H. The normalized spacial score (nSPS) is 12.4. The second-order valence-corrected chi connectivity index (χ2v) is 4.50. The second-order valence-electron chi connectivity index (χ2n) is 4.50. The van der Waals surface area contributed by atoms with Gasteiger partial charge in [-0.3, -0.25) is 9.59 Å². The average Bonchev–Trinajstić information content (AvgIpc) is 2.44. The fourth-order valence-corrected chi connectivity index (χ4v) is 2.24.